The summed E-state index contributed by atoms with van der Waals surface area (Å²) < 4.78 is 9.72. The molecular weight excluding hydrogens is 338 g/mol. The second-order valence-corrected chi connectivity index (χ2v) is 5.13. The van der Waals surface area contributed by atoms with Gasteiger partial charge in [-0.25, -0.2) is 14.8 Å². The number of amides is 2. The Hall–Kier alpha value is -3.20. The van der Waals surface area contributed by atoms with Gasteiger partial charge in [0.15, 0.2) is 0 Å². The van der Waals surface area contributed by atoms with E-state index in [-0.39, 0.29) is 18.9 Å². The van der Waals surface area contributed by atoms with E-state index in [9.17, 15) is 9.59 Å². The van der Waals surface area contributed by atoms with E-state index >= 15 is 0 Å². The topological polar surface area (TPSA) is 114 Å². The van der Waals surface area contributed by atoms with Crippen molar-refractivity contribution in [3.05, 3.63) is 42.7 Å². The van der Waals surface area contributed by atoms with E-state index in [1.807, 2.05) is 0 Å². The van der Waals surface area contributed by atoms with E-state index in [2.05, 4.69) is 25.9 Å². The number of hydrogen-bond acceptors (Lipinski definition) is 7. The molecule has 0 aliphatic carbocycles. The largest absolute Gasteiger partial charge is 0.447 e. The van der Waals surface area contributed by atoms with Crippen LogP contribution in [0, 0.1) is 0 Å². The van der Waals surface area contributed by atoms with E-state index in [0.717, 1.165) is 0 Å². The number of nitrogens with zero attached hydrogens (tertiary/aromatic N) is 2. The summed E-state index contributed by atoms with van der Waals surface area (Å²) in [6.07, 6.45) is 2.90. The SMILES string of the molecule is COCCOC(=O)Nc1cccc(NC(=O)CCNc2ncccn2)c1. The number of rotatable bonds is 9. The van der Waals surface area contributed by atoms with Crippen molar-refractivity contribution in [2.45, 2.75) is 6.42 Å². The molecule has 26 heavy (non-hydrogen) atoms. The first-order chi connectivity index (χ1) is 12.7. The molecule has 2 amide bonds. The molecule has 3 N–H and O–H groups in total. The monoisotopic (exact) mass is 359 g/mol. The molecule has 0 aliphatic heterocycles. The number of anilines is 3. The van der Waals surface area contributed by atoms with Crippen molar-refractivity contribution in [2.24, 2.45) is 0 Å². The second kappa shape index (κ2) is 10.6. The van der Waals surface area contributed by atoms with Crippen molar-refractivity contribution in [2.75, 3.05) is 42.8 Å². The zero-order chi connectivity index (χ0) is 18.6. The van der Waals surface area contributed by atoms with Gasteiger partial charge >= 0.3 is 6.09 Å². The van der Waals surface area contributed by atoms with Gasteiger partial charge in [-0.3, -0.25) is 10.1 Å². The third-order valence-electron chi connectivity index (χ3n) is 3.11. The highest BCUT2D eigenvalue weighted by molar-refractivity contribution is 5.92. The molecule has 1 aromatic carbocycles. The first-order valence-electron chi connectivity index (χ1n) is 8.01. The second-order valence-electron chi connectivity index (χ2n) is 5.13. The molecule has 0 radical (unpaired) electrons. The van der Waals surface area contributed by atoms with Crippen LogP contribution in [0.15, 0.2) is 42.7 Å². The Kier molecular flexibility index (Phi) is 7.81. The summed E-state index contributed by atoms with van der Waals surface area (Å²) in [6, 6.07) is 8.50. The quantitative estimate of drug-likeness (QED) is 0.587. The molecular formula is C17H21N5O4. The van der Waals surface area contributed by atoms with Crippen LogP contribution in [-0.4, -0.2) is 48.8 Å². The summed E-state index contributed by atoms with van der Waals surface area (Å²) in [4.78, 5) is 31.6. The average Bonchev–Trinajstić information content (AvgIpc) is 2.63. The number of carbonyl (C=O) groups excluding carboxylic acids is 2. The highest BCUT2D eigenvalue weighted by atomic mass is 16.6. The zero-order valence-corrected chi connectivity index (χ0v) is 14.4. The Morgan fingerprint density at radius 1 is 1.04 bits per heavy atom. The van der Waals surface area contributed by atoms with E-state index in [1.165, 1.54) is 7.11 Å². The van der Waals surface area contributed by atoms with Crippen LogP contribution in [0.25, 0.3) is 0 Å². The van der Waals surface area contributed by atoms with Gasteiger partial charge in [-0.2, -0.15) is 0 Å². The molecule has 0 atom stereocenters. The third kappa shape index (κ3) is 7.14. The standard InChI is InChI=1S/C17H21N5O4/c1-25-10-11-26-17(24)22-14-5-2-4-13(12-14)21-15(23)6-9-20-16-18-7-3-8-19-16/h2-5,7-8,12H,6,9-11H2,1H3,(H,21,23)(H,22,24)(H,18,19,20). The fraction of sp³-hybridized carbons (Fsp3) is 0.294. The predicted molar refractivity (Wildman–Crippen MR) is 97.1 cm³/mol. The molecule has 0 aliphatic rings. The van der Waals surface area contributed by atoms with Gasteiger partial charge in [-0.15, -0.1) is 0 Å². The van der Waals surface area contributed by atoms with Gasteiger partial charge in [0, 0.05) is 43.8 Å². The molecule has 0 unspecified atom stereocenters. The van der Waals surface area contributed by atoms with Crippen LogP contribution in [0.3, 0.4) is 0 Å². The number of hydrogen-bond donors (Lipinski definition) is 3. The maximum atomic E-state index is 12.0. The van der Waals surface area contributed by atoms with Crippen LogP contribution in [-0.2, 0) is 14.3 Å². The van der Waals surface area contributed by atoms with Crippen LogP contribution >= 0.6 is 0 Å². The minimum atomic E-state index is -0.586. The highest BCUT2D eigenvalue weighted by Crippen LogP contribution is 2.15. The Bertz CT molecular complexity index is 711. The smallest absolute Gasteiger partial charge is 0.411 e. The van der Waals surface area contributed by atoms with E-state index in [0.29, 0.717) is 30.5 Å². The average molecular weight is 359 g/mol. The minimum absolute atomic E-state index is 0.164. The number of aromatic nitrogens is 2. The van der Waals surface area contributed by atoms with Crippen LogP contribution in [0.2, 0.25) is 0 Å². The molecule has 1 heterocycles. The predicted octanol–water partition coefficient (Wildman–Crippen LogP) is 2.11. The highest BCUT2D eigenvalue weighted by Gasteiger charge is 2.06. The fourth-order valence-electron chi connectivity index (χ4n) is 1.95. The van der Waals surface area contributed by atoms with Gasteiger partial charge in [0.05, 0.1) is 6.61 Å². The molecule has 1 aromatic heterocycles. The number of benzene rings is 1. The lowest BCUT2D eigenvalue weighted by Crippen LogP contribution is -2.18. The molecule has 0 fully saturated rings. The molecule has 2 rings (SSSR count). The lowest BCUT2D eigenvalue weighted by molar-refractivity contribution is -0.115. The summed E-state index contributed by atoms with van der Waals surface area (Å²) in [6.45, 7) is 0.891. The molecule has 2 aromatic rings. The lowest BCUT2D eigenvalue weighted by Gasteiger charge is -2.09. The first kappa shape index (κ1) is 19.1. The Morgan fingerprint density at radius 3 is 2.50 bits per heavy atom. The van der Waals surface area contributed by atoms with Crippen molar-refractivity contribution in [3.63, 3.8) is 0 Å². The van der Waals surface area contributed by atoms with E-state index < -0.39 is 6.09 Å². The maximum absolute atomic E-state index is 12.0. The van der Waals surface area contributed by atoms with Crippen LogP contribution in [0.5, 0.6) is 0 Å². The molecule has 9 heteroatoms. The van der Waals surface area contributed by atoms with Crippen molar-refractivity contribution in [3.8, 4) is 0 Å². The molecule has 0 saturated carbocycles. The van der Waals surface area contributed by atoms with Crippen LogP contribution < -0.4 is 16.0 Å². The molecule has 0 bridgehead atoms. The van der Waals surface area contributed by atoms with Crippen molar-refractivity contribution >= 4 is 29.3 Å². The number of nitrogens with one attached hydrogen (secondary N) is 3. The van der Waals surface area contributed by atoms with Gasteiger partial charge in [-0.05, 0) is 24.3 Å². The third-order valence-corrected chi connectivity index (χ3v) is 3.11. The number of methoxy groups -OCH3 is 1. The first-order valence-corrected chi connectivity index (χ1v) is 8.01. The summed E-state index contributed by atoms with van der Waals surface area (Å²) in [7, 11) is 1.52. The minimum Gasteiger partial charge on any atom is -0.447 e. The Morgan fingerprint density at radius 2 is 1.77 bits per heavy atom. The fourth-order valence-corrected chi connectivity index (χ4v) is 1.95. The van der Waals surface area contributed by atoms with Gasteiger partial charge in [0.1, 0.15) is 6.61 Å². The zero-order valence-electron chi connectivity index (χ0n) is 14.4. The molecule has 138 valence electrons. The lowest BCUT2D eigenvalue weighted by atomic mass is 10.2. The summed E-state index contributed by atoms with van der Waals surface area (Å²) in [5, 5.41) is 8.30. The molecule has 0 spiro atoms. The molecule has 9 nitrogen and oxygen atoms in total. The summed E-state index contributed by atoms with van der Waals surface area (Å²) >= 11 is 0. The van der Waals surface area contributed by atoms with Crippen LogP contribution in [0.1, 0.15) is 6.42 Å². The van der Waals surface area contributed by atoms with Gasteiger partial charge in [-0.1, -0.05) is 6.07 Å². The molecule has 0 saturated heterocycles. The summed E-state index contributed by atoms with van der Waals surface area (Å²) in [5.41, 5.74) is 1.08. The maximum Gasteiger partial charge on any atom is 0.411 e. The summed E-state index contributed by atoms with van der Waals surface area (Å²) in [5.74, 6) is 0.298. The van der Waals surface area contributed by atoms with Crippen molar-refractivity contribution in [1.29, 1.82) is 0 Å². The van der Waals surface area contributed by atoms with Crippen molar-refractivity contribution < 1.29 is 19.1 Å². The Balaban J connectivity index is 1.76. The Labute approximate surface area is 151 Å². The van der Waals surface area contributed by atoms with E-state index in [4.69, 9.17) is 9.47 Å². The van der Waals surface area contributed by atoms with Gasteiger partial charge in [0.2, 0.25) is 11.9 Å². The van der Waals surface area contributed by atoms with Crippen molar-refractivity contribution in [1.82, 2.24) is 9.97 Å². The van der Waals surface area contributed by atoms with E-state index in [1.54, 1.807) is 42.7 Å². The number of carbonyl (C=O) groups is 2. The van der Waals surface area contributed by atoms with Gasteiger partial charge in [0.25, 0.3) is 0 Å². The van der Waals surface area contributed by atoms with Crippen LogP contribution in [0.4, 0.5) is 22.1 Å². The number of ether oxygens (including phenoxy) is 2. The normalized spacial score (nSPS) is 10.0. The van der Waals surface area contributed by atoms with Gasteiger partial charge < -0.3 is 20.1 Å².